The van der Waals surface area contributed by atoms with Gasteiger partial charge in [-0.25, -0.2) is 0 Å². The van der Waals surface area contributed by atoms with E-state index in [1.165, 1.54) is 5.56 Å². The molecule has 0 aliphatic rings. The predicted octanol–water partition coefficient (Wildman–Crippen LogP) is 5.51. The maximum Gasteiger partial charge on any atom is 0.224 e. The van der Waals surface area contributed by atoms with Crippen molar-refractivity contribution in [3.8, 4) is 0 Å². The molecule has 4 heteroatoms. The molecule has 1 amide bonds. The monoisotopic (exact) mass is 395 g/mol. The van der Waals surface area contributed by atoms with Crippen molar-refractivity contribution in [2.45, 2.75) is 19.8 Å². The van der Waals surface area contributed by atoms with E-state index in [0.717, 1.165) is 20.9 Å². The highest BCUT2D eigenvalue weighted by Gasteiger charge is 2.10. The maximum absolute atomic E-state index is 12.4. The molecule has 1 N–H and O–H groups in total. The van der Waals surface area contributed by atoms with Crippen molar-refractivity contribution in [2.24, 2.45) is 0 Å². The molecule has 0 unspecified atom stereocenters. The van der Waals surface area contributed by atoms with Gasteiger partial charge in [0.2, 0.25) is 5.91 Å². The zero-order valence-corrected chi connectivity index (χ0v) is 15.5. The number of fused-ring (bicyclic) bond motifs is 1. The van der Waals surface area contributed by atoms with Crippen molar-refractivity contribution in [3.05, 3.63) is 76.3 Å². The summed E-state index contributed by atoms with van der Waals surface area (Å²) in [6.07, 6.45) is 0.362. The number of amides is 1. The van der Waals surface area contributed by atoms with E-state index >= 15 is 0 Å². The van der Waals surface area contributed by atoms with Crippen LogP contribution < -0.4 is 5.32 Å². The van der Waals surface area contributed by atoms with Crippen molar-refractivity contribution >= 4 is 44.1 Å². The largest absolute Gasteiger partial charge is 0.326 e. The van der Waals surface area contributed by atoms with Crippen molar-refractivity contribution in [2.75, 3.05) is 5.32 Å². The standard InChI is InChI=1S/C21H18BrNO2/c1-14-2-3-16-13-17(5-4-15(16)12-14)20(24)10-11-21(25)23-19-8-6-18(22)7-9-19/h2-9,12-13H,10-11H2,1H3,(H,23,25). The van der Waals surface area contributed by atoms with Gasteiger partial charge in [0.15, 0.2) is 5.78 Å². The minimum atomic E-state index is -0.160. The van der Waals surface area contributed by atoms with Gasteiger partial charge in [0.25, 0.3) is 0 Å². The van der Waals surface area contributed by atoms with Crippen molar-refractivity contribution < 1.29 is 9.59 Å². The Bertz CT molecular complexity index is 932. The summed E-state index contributed by atoms with van der Waals surface area (Å²) in [7, 11) is 0. The van der Waals surface area contributed by atoms with Crippen LogP contribution in [-0.2, 0) is 4.79 Å². The Balaban J connectivity index is 1.61. The first-order valence-corrected chi connectivity index (χ1v) is 8.89. The summed E-state index contributed by atoms with van der Waals surface area (Å²) in [5.41, 5.74) is 2.56. The van der Waals surface area contributed by atoms with Crippen LogP contribution in [0.1, 0.15) is 28.8 Å². The summed E-state index contributed by atoms with van der Waals surface area (Å²) in [4.78, 5) is 24.4. The highest BCUT2D eigenvalue weighted by Crippen LogP contribution is 2.19. The predicted molar refractivity (Wildman–Crippen MR) is 105 cm³/mol. The second kappa shape index (κ2) is 7.62. The van der Waals surface area contributed by atoms with Gasteiger partial charge in [-0.05, 0) is 48.0 Å². The molecule has 0 heterocycles. The van der Waals surface area contributed by atoms with Crippen molar-refractivity contribution in [3.63, 3.8) is 0 Å². The minimum absolute atomic E-state index is 0.0200. The summed E-state index contributed by atoms with van der Waals surface area (Å²) in [6, 6.07) is 19.2. The number of aryl methyl sites for hydroxylation is 1. The van der Waals surface area contributed by atoms with Gasteiger partial charge in [0.1, 0.15) is 0 Å². The Kier molecular flexibility index (Phi) is 5.29. The van der Waals surface area contributed by atoms with Crippen molar-refractivity contribution in [1.29, 1.82) is 0 Å². The molecule has 0 atom stereocenters. The molecule has 25 heavy (non-hydrogen) atoms. The molecule has 0 radical (unpaired) electrons. The van der Waals surface area contributed by atoms with Gasteiger partial charge in [-0.3, -0.25) is 9.59 Å². The number of Topliss-reactive ketones (excluding diaryl/α,β-unsaturated/α-hetero) is 1. The summed E-state index contributed by atoms with van der Waals surface area (Å²) < 4.78 is 0.951. The Labute approximate surface area is 155 Å². The average molecular weight is 396 g/mol. The number of carbonyl (C=O) groups is 2. The molecule has 0 aromatic heterocycles. The molecule has 0 aliphatic carbocycles. The minimum Gasteiger partial charge on any atom is -0.326 e. The molecular weight excluding hydrogens is 378 g/mol. The number of benzene rings is 3. The molecule has 0 bridgehead atoms. The summed E-state index contributed by atoms with van der Waals surface area (Å²) >= 11 is 3.35. The van der Waals surface area contributed by atoms with Gasteiger partial charge >= 0.3 is 0 Å². The number of rotatable bonds is 5. The van der Waals surface area contributed by atoms with Gasteiger partial charge in [0.05, 0.1) is 0 Å². The molecule has 3 aromatic carbocycles. The van der Waals surface area contributed by atoms with Crippen LogP contribution in [0.3, 0.4) is 0 Å². The van der Waals surface area contributed by atoms with E-state index in [1.54, 1.807) is 0 Å². The number of anilines is 1. The fourth-order valence-electron chi connectivity index (χ4n) is 2.67. The first-order chi connectivity index (χ1) is 12.0. The topological polar surface area (TPSA) is 46.2 Å². The molecular formula is C21H18BrNO2. The fraction of sp³-hybridized carbons (Fsp3) is 0.143. The van der Waals surface area contributed by atoms with Crippen LogP contribution >= 0.6 is 15.9 Å². The summed E-state index contributed by atoms with van der Waals surface area (Å²) in [5, 5.41) is 4.95. The van der Waals surface area contributed by atoms with Crippen molar-refractivity contribution in [1.82, 2.24) is 0 Å². The Morgan fingerprint density at radius 3 is 2.32 bits per heavy atom. The normalized spacial score (nSPS) is 10.6. The zero-order chi connectivity index (χ0) is 17.8. The lowest BCUT2D eigenvalue weighted by Crippen LogP contribution is -2.13. The van der Waals surface area contributed by atoms with E-state index in [2.05, 4.69) is 27.3 Å². The average Bonchev–Trinajstić information content (AvgIpc) is 2.61. The van der Waals surface area contributed by atoms with Gasteiger partial charge in [-0.15, -0.1) is 0 Å². The lowest BCUT2D eigenvalue weighted by atomic mass is 10.0. The number of halogens is 1. The molecule has 0 fully saturated rings. The second-order valence-corrected chi connectivity index (χ2v) is 6.96. The first-order valence-electron chi connectivity index (χ1n) is 8.10. The van der Waals surface area contributed by atoms with Crippen LogP contribution in [0.15, 0.2) is 65.1 Å². The maximum atomic E-state index is 12.4. The fourth-order valence-corrected chi connectivity index (χ4v) is 2.93. The third kappa shape index (κ3) is 4.54. The number of ketones is 1. The third-order valence-corrected chi connectivity index (χ3v) is 4.55. The Morgan fingerprint density at radius 1 is 0.880 bits per heavy atom. The van der Waals surface area contributed by atoms with Crippen LogP contribution in [0.4, 0.5) is 5.69 Å². The Morgan fingerprint density at radius 2 is 1.56 bits per heavy atom. The van der Waals surface area contributed by atoms with E-state index in [9.17, 15) is 9.59 Å². The summed E-state index contributed by atoms with van der Waals surface area (Å²) in [6.45, 7) is 2.04. The third-order valence-electron chi connectivity index (χ3n) is 4.02. The summed E-state index contributed by atoms with van der Waals surface area (Å²) in [5.74, 6) is -0.180. The zero-order valence-electron chi connectivity index (χ0n) is 13.9. The van der Waals surface area contributed by atoms with Crippen LogP contribution in [-0.4, -0.2) is 11.7 Å². The molecule has 126 valence electrons. The number of hydrogen-bond donors (Lipinski definition) is 1. The SMILES string of the molecule is Cc1ccc2cc(C(=O)CCC(=O)Nc3ccc(Br)cc3)ccc2c1. The van der Waals surface area contributed by atoms with Crippen LogP contribution in [0.25, 0.3) is 10.8 Å². The van der Waals surface area contributed by atoms with E-state index in [1.807, 2.05) is 61.5 Å². The molecule has 0 saturated carbocycles. The number of carbonyl (C=O) groups excluding carboxylic acids is 2. The first kappa shape index (κ1) is 17.4. The molecule has 0 spiro atoms. The Hall–Kier alpha value is -2.46. The van der Waals surface area contributed by atoms with E-state index in [-0.39, 0.29) is 24.5 Å². The number of nitrogens with one attached hydrogen (secondary N) is 1. The van der Waals surface area contributed by atoms with Gasteiger partial charge in [-0.2, -0.15) is 0 Å². The quantitative estimate of drug-likeness (QED) is 0.578. The van der Waals surface area contributed by atoms with Gasteiger partial charge in [0, 0.05) is 28.6 Å². The lowest BCUT2D eigenvalue weighted by molar-refractivity contribution is -0.116. The lowest BCUT2D eigenvalue weighted by Gasteiger charge is -2.06. The van der Waals surface area contributed by atoms with Crippen LogP contribution in [0.5, 0.6) is 0 Å². The molecule has 3 rings (SSSR count). The highest BCUT2D eigenvalue weighted by atomic mass is 79.9. The number of hydrogen-bond acceptors (Lipinski definition) is 2. The molecule has 0 saturated heterocycles. The van der Waals surface area contributed by atoms with E-state index < -0.39 is 0 Å². The molecule has 3 nitrogen and oxygen atoms in total. The van der Waals surface area contributed by atoms with Gasteiger partial charge in [-0.1, -0.05) is 51.8 Å². The van der Waals surface area contributed by atoms with E-state index in [0.29, 0.717) is 5.56 Å². The van der Waals surface area contributed by atoms with E-state index in [4.69, 9.17) is 0 Å². The highest BCUT2D eigenvalue weighted by molar-refractivity contribution is 9.10. The molecule has 0 aliphatic heterocycles. The smallest absolute Gasteiger partial charge is 0.224 e. The second-order valence-electron chi connectivity index (χ2n) is 6.04. The van der Waals surface area contributed by atoms with Gasteiger partial charge < -0.3 is 5.32 Å². The van der Waals surface area contributed by atoms with Crippen LogP contribution in [0, 0.1) is 6.92 Å². The van der Waals surface area contributed by atoms with Crippen LogP contribution in [0.2, 0.25) is 0 Å². The molecule has 3 aromatic rings.